The van der Waals surface area contributed by atoms with Gasteiger partial charge < -0.3 is 9.80 Å². The number of carbonyl (C=O) groups is 1. The summed E-state index contributed by atoms with van der Waals surface area (Å²) >= 11 is 0. The molecule has 0 N–H and O–H groups in total. The Kier molecular flexibility index (Phi) is 6.92. The Balaban J connectivity index is 3.24. The quantitative estimate of drug-likeness (QED) is 0.735. The molecule has 1 aliphatic rings. The molecule has 0 radical (unpaired) electrons. The number of rotatable bonds is 5. The van der Waals surface area contributed by atoms with Crippen LogP contribution < -0.4 is 0 Å². The molecule has 1 rings (SSSR count). The number of allylic oxidation sites excluding steroid dienone is 3. The number of nitrogens with zero attached hydrogens (tertiary/aromatic N) is 3. The van der Waals surface area contributed by atoms with Crippen LogP contribution in [0.1, 0.15) is 34.1 Å². The first-order valence-electron chi connectivity index (χ1n) is 8.62. The molecule has 0 fully saturated rings. The summed E-state index contributed by atoms with van der Waals surface area (Å²) in [5.74, 6) is -3.30. The molecule has 26 heavy (non-hydrogen) atoms. The zero-order chi connectivity index (χ0) is 20.3. The highest BCUT2D eigenvalue weighted by atomic mass is 19.4. The maximum absolute atomic E-state index is 13.4. The summed E-state index contributed by atoms with van der Waals surface area (Å²) in [7, 11) is 3.24. The third kappa shape index (κ3) is 5.79. The normalized spacial score (nSPS) is 21.6. The van der Waals surface area contributed by atoms with E-state index in [4.69, 9.17) is 5.26 Å². The van der Waals surface area contributed by atoms with E-state index in [-0.39, 0.29) is 11.3 Å². The molecule has 7 heteroatoms. The van der Waals surface area contributed by atoms with Crippen LogP contribution in [0.3, 0.4) is 0 Å². The van der Waals surface area contributed by atoms with Gasteiger partial charge >= 0.3 is 6.18 Å². The monoisotopic (exact) mass is 371 g/mol. The second-order valence-corrected chi connectivity index (χ2v) is 8.09. The first-order chi connectivity index (χ1) is 11.8. The van der Waals surface area contributed by atoms with Gasteiger partial charge in [0.1, 0.15) is 6.04 Å². The van der Waals surface area contributed by atoms with Gasteiger partial charge in [-0.15, -0.1) is 0 Å². The molecule has 0 aromatic heterocycles. The van der Waals surface area contributed by atoms with Crippen LogP contribution >= 0.6 is 0 Å². The van der Waals surface area contributed by atoms with Gasteiger partial charge in [0.05, 0.1) is 17.9 Å². The van der Waals surface area contributed by atoms with Crippen LogP contribution in [0.2, 0.25) is 0 Å². The van der Waals surface area contributed by atoms with Crippen molar-refractivity contribution in [3.63, 3.8) is 0 Å². The van der Waals surface area contributed by atoms with E-state index in [1.165, 1.54) is 17.1 Å². The first-order valence-corrected chi connectivity index (χ1v) is 8.62. The molecule has 0 saturated heterocycles. The minimum atomic E-state index is -4.51. The number of likely N-dealkylation sites (N-methyl/N-ethyl adjacent to an activating group) is 1. The number of amides is 1. The number of alkyl halides is 3. The summed E-state index contributed by atoms with van der Waals surface area (Å²) in [6, 6.07) is 1.10. The summed E-state index contributed by atoms with van der Waals surface area (Å²) in [5.41, 5.74) is 0.308. The lowest BCUT2D eigenvalue weighted by atomic mass is 9.87. The van der Waals surface area contributed by atoms with Gasteiger partial charge in [0, 0.05) is 26.3 Å². The second kappa shape index (κ2) is 8.15. The van der Waals surface area contributed by atoms with Crippen molar-refractivity contribution in [3.8, 4) is 6.07 Å². The van der Waals surface area contributed by atoms with Crippen molar-refractivity contribution in [2.75, 3.05) is 20.6 Å². The molecule has 4 nitrogen and oxygen atoms in total. The van der Waals surface area contributed by atoms with Crippen LogP contribution in [-0.4, -0.2) is 48.6 Å². The fourth-order valence-electron chi connectivity index (χ4n) is 2.79. The topological polar surface area (TPSA) is 47.3 Å². The third-order valence-electron chi connectivity index (χ3n) is 4.44. The first kappa shape index (κ1) is 22.1. The highest BCUT2D eigenvalue weighted by molar-refractivity contribution is 5.81. The van der Waals surface area contributed by atoms with Gasteiger partial charge in [-0.25, -0.2) is 0 Å². The average molecular weight is 371 g/mol. The van der Waals surface area contributed by atoms with Crippen LogP contribution in [-0.2, 0) is 4.79 Å². The molecular formula is C19H28F3N3O. The smallest absolute Gasteiger partial charge is 0.360 e. The Labute approximate surface area is 153 Å². The van der Waals surface area contributed by atoms with Crippen LogP contribution in [0.25, 0.3) is 0 Å². The van der Waals surface area contributed by atoms with E-state index in [1.807, 2.05) is 20.8 Å². The molecule has 0 heterocycles. The van der Waals surface area contributed by atoms with Crippen LogP contribution in [0.4, 0.5) is 13.2 Å². The van der Waals surface area contributed by atoms with Crippen LogP contribution in [0.15, 0.2) is 23.9 Å². The standard InChI is InChI=1S/C19H28F3N3O/c1-13(17(26)24(5)6)25(10-9-18(2,3)4)15-8-7-14(12-23)16(11-15)19(20,21)22/h7-8,11,13-14,16H,9-10H2,1-6H3. The zero-order valence-electron chi connectivity index (χ0n) is 16.3. The van der Waals surface area contributed by atoms with Crippen molar-refractivity contribution in [1.29, 1.82) is 5.26 Å². The van der Waals surface area contributed by atoms with Gasteiger partial charge in [-0.2, -0.15) is 18.4 Å². The fraction of sp³-hybridized carbons (Fsp3) is 0.684. The molecule has 146 valence electrons. The Morgan fingerprint density at radius 3 is 2.31 bits per heavy atom. The van der Waals surface area contributed by atoms with E-state index in [1.54, 1.807) is 32.0 Å². The summed E-state index contributed by atoms with van der Waals surface area (Å²) in [6.45, 7) is 8.26. The SMILES string of the molecule is CC(C(=O)N(C)C)N(CCC(C)(C)C)C1=CC(C(F)(F)F)C(C#N)C=C1. The maximum Gasteiger partial charge on any atom is 0.396 e. The largest absolute Gasteiger partial charge is 0.396 e. The number of halogens is 3. The lowest BCUT2D eigenvalue weighted by Gasteiger charge is -2.37. The summed E-state index contributed by atoms with van der Waals surface area (Å²) < 4.78 is 40.1. The second-order valence-electron chi connectivity index (χ2n) is 8.09. The van der Waals surface area contributed by atoms with Crippen molar-refractivity contribution in [2.45, 2.75) is 46.3 Å². The van der Waals surface area contributed by atoms with Gasteiger partial charge in [-0.3, -0.25) is 4.79 Å². The predicted octanol–water partition coefficient (Wildman–Crippen LogP) is 3.97. The van der Waals surface area contributed by atoms with E-state index < -0.39 is 24.1 Å². The molecule has 0 aliphatic heterocycles. The van der Waals surface area contributed by atoms with E-state index in [0.717, 1.165) is 6.08 Å². The van der Waals surface area contributed by atoms with Gasteiger partial charge in [0.25, 0.3) is 0 Å². The Bertz CT molecular complexity index is 609. The third-order valence-corrected chi connectivity index (χ3v) is 4.44. The van der Waals surface area contributed by atoms with Crippen molar-refractivity contribution < 1.29 is 18.0 Å². The van der Waals surface area contributed by atoms with Crippen molar-refractivity contribution >= 4 is 5.91 Å². The molecule has 3 atom stereocenters. The summed E-state index contributed by atoms with van der Waals surface area (Å²) in [4.78, 5) is 15.5. The molecule has 0 aromatic rings. The Hall–Kier alpha value is -1.97. The number of carbonyl (C=O) groups excluding carboxylic acids is 1. The van der Waals surface area contributed by atoms with Crippen molar-refractivity contribution in [2.24, 2.45) is 17.3 Å². The Morgan fingerprint density at radius 2 is 1.88 bits per heavy atom. The van der Waals surface area contributed by atoms with Gasteiger partial charge in [-0.1, -0.05) is 26.8 Å². The maximum atomic E-state index is 13.4. The van der Waals surface area contributed by atoms with Crippen molar-refractivity contribution in [1.82, 2.24) is 9.80 Å². The van der Waals surface area contributed by atoms with E-state index in [9.17, 15) is 18.0 Å². The highest BCUT2D eigenvalue weighted by Crippen LogP contribution is 2.38. The lowest BCUT2D eigenvalue weighted by molar-refractivity contribution is -0.166. The number of hydrogen-bond acceptors (Lipinski definition) is 3. The minimum absolute atomic E-state index is 0.0311. The lowest BCUT2D eigenvalue weighted by Crippen LogP contribution is -2.45. The zero-order valence-corrected chi connectivity index (χ0v) is 16.3. The molecule has 1 aliphatic carbocycles. The molecule has 0 saturated carbocycles. The van der Waals surface area contributed by atoms with Gasteiger partial charge in [0.2, 0.25) is 5.91 Å². The van der Waals surface area contributed by atoms with Crippen molar-refractivity contribution in [3.05, 3.63) is 23.9 Å². The summed E-state index contributed by atoms with van der Waals surface area (Å²) in [6.07, 6.45) is 0.0845. The molecule has 3 unspecified atom stereocenters. The molecule has 0 aromatic carbocycles. The number of hydrogen-bond donors (Lipinski definition) is 0. The molecule has 0 spiro atoms. The fourth-order valence-corrected chi connectivity index (χ4v) is 2.79. The molecule has 1 amide bonds. The number of nitriles is 1. The van der Waals surface area contributed by atoms with Gasteiger partial charge in [0.15, 0.2) is 0 Å². The van der Waals surface area contributed by atoms with E-state index in [2.05, 4.69) is 0 Å². The summed E-state index contributed by atoms with van der Waals surface area (Å²) in [5, 5.41) is 9.02. The van der Waals surface area contributed by atoms with Gasteiger partial charge in [-0.05, 0) is 30.9 Å². The van der Waals surface area contributed by atoms with E-state index >= 15 is 0 Å². The Morgan fingerprint density at radius 1 is 1.31 bits per heavy atom. The van der Waals surface area contributed by atoms with Crippen LogP contribution in [0.5, 0.6) is 0 Å². The predicted molar refractivity (Wildman–Crippen MR) is 94.8 cm³/mol. The molecular weight excluding hydrogens is 343 g/mol. The van der Waals surface area contributed by atoms with E-state index in [0.29, 0.717) is 18.7 Å². The minimum Gasteiger partial charge on any atom is -0.360 e. The van der Waals surface area contributed by atoms with Crippen LogP contribution in [0, 0.1) is 28.6 Å². The molecule has 0 bridgehead atoms. The highest BCUT2D eigenvalue weighted by Gasteiger charge is 2.44. The average Bonchev–Trinajstić information content (AvgIpc) is 2.51.